The van der Waals surface area contributed by atoms with Crippen molar-refractivity contribution in [2.24, 2.45) is 0 Å². The number of hydrogen-bond donors (Lipinski definition) is 1. The molecule has 1 amide bonds. The van der Waals surface area contributed by atoms with Crippen molar-refractivity contribution in [3.05, 3.63) is 71.0 Å². The van der Waals surface area contributed by atoms with E-state index < -0.39 is 0 Å². The van der Waals surface area contributed by atoms with Gasteiger partial charge in [-0.25, -0.2) is 4.39 Å². The van der Waals surface area contributed by atoms with Gasteiger partial charge in [0.2, 0.25) is 0 Å². The van der Waals surface area contributed by atoms with Gasteiger partial charge in [-0.15, -0.1) is 0 Å². The van der Waals surface area contributed by atoms with Gasteiger partial charge >= 0.3 is 0 Å². The zero-order valence-electron chi connectivity index (χ0n) is 11.6. The van der Waals surface area contributed by atoms with Crippen molar-refractivity contribution in [2.45, 2.75) is 12.8 Å². The molecular formula is C17H15FN2O. The summed E-state index contributed by atoms with van der Waals surface area (Å²) in [6, 6.07) is 14.8. The van der Waals surface area contributed by atoms with E-state index >= 15 is 0 Å². The summed E-state index contributed by atoms with van der Waals surface area (Å²) in [5.74, 6) is -0.418. The first-order chi connectivity index (χ1) is 10.1. The molecule has 2 aromatic carbocycles. The van der Waals surface area contributed by atoms with Crippen LogP contribution in [0.4, 0.5) is 4.39 Å². The van der Waals surface area contributed by atoms with Gasteiger partial charge in [-0.2, -0.15) is 5.26 Å². The zero-order chi connectivity index (χ0) is 15.2. The second-order valence-corrected chi connectivity index (χ2v) is 4.86. The quantitative estimate of drug-likeness (QED) is 0.936. The summed E-state index contributed by atoms with van der Waals surface area (Å²) < 4.78 is 12.9. The maximum Gasteiger partial charge on any atom is 0.251 e. The number of amides is 1. The Bertz CT molecular complexity index is 674. The summed E-state index contributed by atoms with van der Waals surface area (Å²) in [6.45, 7) is 2.40. The topological polar surface area (TPSA) is 52.9 Å². The predicted molar refractivity (Wildman–Crippen MR) is 78.3 cm³/mol. The molecule has 0 spiro atoms. The van der Waals surface area contributed by atoms with Crippen LogP contribution in [0.1, 0.15) is 34.3 Å². The lowest BCUT2D eigenvalue weighted by atomic mass is 10.0. The lowest BCUT2D eigenvalue weighted by Crippen LogP contribution is -2.27. The van der Waals surface area contributed by atoms with Crippen molar-refractivity contribution in [3.63, 3.8) is 0 Å². The van der Waals surface area contributed by atoms with E-state index in [-0.39, 0.29) is 17.6 Å². The van der Waals surface area contributed by atoms with Gasteiger partial charge in [0.05, 0.1) is 11.6 Å². The zero-order valence-corrected chi connectivity index (χ0v) is 11.6. The van der Waals surface area contributed by atoms with Crippen LogP contribution in [0.15, 0.2) is 48.5 Å². The molecular weight excluding hydrogens is 267 g/mol. The van der Waals surface area contributed by atoms with Crippen molar-refractivity contribution in [1.29, 1.82) is 5.26 Å². The molecule has 0 aromatic heterocycles. The van der Waals surface area contributed by atoms with Crippen molar-refractivity contribution >= 4 is 5.91 Å². The van der Waals surface area contributed by atoms with E-state index in [0.717, 1.165) is 5.56 Å². The molecule has 0 fully saturated rings. The molecule has 0 radical (unpaired) electrons. The first kappa shape index (κ1) is 14.7. The Morgan fingerprint density at radius 1 is 1.29 bits per heavy atom. The Morgan fingerprint density at radius 3 is 2.67 bits per heavy atom. The highest BCUT2D eigenvalue weighted by molar-refractivity contribution is 5.94. The molecule has 106 valence electrons. The fraction of sp³-hybridized carbons (Fsp3) is 0.176. The van der Waals surface area contributed by atoms with Gasteiger partial charge in [-0.1, -0.05) is 25.1 Å². The minimum Gasteiger partial charge on any atom is -0.351 e. The van der Waals surface area contributed by atoms with Crippen LogP contribution in [0.3, 0.4) is 0 Å². The van der Waals surface area contributed by atoms with Gasteiger partial charge in [-0.3, -0.25) is 4.79 Å². The first-order valence-corrected chi connectivity index (χ1v) is 6.64. The van der Waals surface area contributed by atoms with Crippen molar-refractivity contribution in [2.75, 3.05) is 6.54 Å². The lowest BCUT2D eigenvalue weighted by Gasteiger charge is -2.13. The van der Waals surface area contributed by atoms with Crippen molar-refractivity contribution in [3.8, 4) is 6.07 Å². The normalized spacial score (nSPS) is 11.5. The Kier molecular flexibility index (Phi) is 4.68. The molecule has 2 aromatic rings. The molecule has 1 atom stereocenters. The third kappa shape index (κ3) is 3.90. The average molecular weight is 282 g/mol. The minimum absolute atomic E-state index is 0.0775. The Balaban J connectivity index is 1.97. The number of hydrogen-bond acceptors (Lipinski definition) is 2. The van der Waals surface area contributed by atoms with Gasteiger partial charge in [0, 0.05) is 12.1 Å². The number of nitrogens with one attached hydrogen (secondary N) is 1. The number of nitriles is 1. The predicted octanol–water partition coefficient (Wildman–Crippen LogP) is 3.23. The lowest BCUT2D eigenvalue weighted by molar-refractivity contribution is 0.0951. The summed E-state index contributed by atoms with van der Waals surface area (Å²) in [7, 11) is 0. The molecule has 0 aliphatic carbocycles. The smallest absolute Gasteiger partial charge is 0.251 e. The van der Waals surface area contributed by atoms with Gasteiger partial charge in [0.25, 0.3) is 5.91 Å². The third-order valence-electron chi connectivity index (χ3n) is 3.26. The standard InChI is InChI=1S/C17H15FN2O/c1-12(14-5-7-16(18)8-6-14)11-20-17(21)15-4-2-3-13(9-15)10-19/h2-9,12H,11H2,1H3,(H,20,21). The van der Waals surface area contributed by atoms with Gasteiger partial charge in [-0.05, 0) is 41.8 Å². The highest BCUT2D eigenvalue weighted by atomic mass is 19.1. The molecule has 2 rings (SSSR count). The van der Waals surface area contributed by atoms with Crippen LogP contribution in [-0.4, -0.2) is 12.5 Å². The molecule has 0 bridgehead atoms. The molecule has 1 N–H and O–H groups in total. The number of nitrogens with zero attached hydrogens (tertiary/aromatic N) is 1. The van der Waals surface area contributed by atoms with E-state index in [1.807, 2.05) is 13.0 Å². The van der Waals surface area contributed by atoms with E-state index in [2.05, 4.69) is 5.32 Å². The SMILES string of the molecule is CC(CNC(=O)c1cccc(C#N)c1)c1ccc(F)cc1. The maximum atomic E-state index is 12.9. The Hall–Kier alpha value is -2.67. The van der Waals surface area contributed by atoms with Crippen LogP contribution < -0.4 is 5.32 Å². The molecule has 0 aliphatic rings. The average Bonchev–Trinajstić information content (AvgIpc) is 2.53. The fourth-order valence-electron chi connectivity index (χ4n) is 1.99. The summed E-state index contributed by atoms with van der Waals surface area (Å²) in [5.41, 5.74) is 1.87. The van der Waals surface area contributed by atoms with E-state index in [1.54, 1.807) is 36.4 Å². The van der Waals surface area contributed by atoms with Crippen LogP contribution in [-0.2, 0) is 0 Å². The van der Waals surface area contributed by atoms with E-state index in [0.29, 0.717) is 17.7 Å². The molecule has 0 heterocycles. The van der Waals surface area contributed by atoms with Gasteiger partial charge in [0.1, 0.15) is 5.82 Å². The number of carbonyl (C=O) groups is 1. The second kappa shape index (κ2) is 6.67. The van der Waals surface area contributed by atoms with E-state index in [9.17, 15) is 9.18 Å². The van der Waals surface area contributed by atoms with Gasteiger partial charge in [0.15, 0.2) is 0 Å². The Labute approximate surface area is 123 Å². The summed E-state index contributed by atoms with van der Waals surface area (Å²) >= 11 is 0. The largest absolute Gasteiger partial charge is 0.351 e. The summed E-state index contributed by atoms with van der Waals surface area (Å²) in [5, 5.41) is 11.6. The van der Waals surface area contributed by atoms with Crippen LogP contribution >= 0.6 is 0 Å². The number of carbonyl (C=O) groups excluding carboxylic acids is 1. The molecule has 3 nitrogen and oxygen atoms in total. The maximum absolute atomic E-state index is 12.9. The highest BCUT2D eigenvalue weighted by Crippen LogP contribution is 2.15. The first-order valence-electron chi connectivity index (χ1n) is 6.64. The fourth-order valence-corrected chi connectivity index (χ4v) is 1.99. The monoisotopic (exact) mass is 282 g/mol. The van der Waals surface area contributed by atoms with E-state index in [4.69, 9.17) is 5.26 Å². The van der Waals surface area contributed by atoms with Gasteiger partial charge < -0.3 is 5.32 Å². The molecule has 0 aliphatic heterocycles. The molecule has 1 unspecified atom stereocenters. The van der Waals surface area contributed by atoms with Crippen LogP contribution in [0, 0.1) is 17.1 Å². The van der Waals surface area contributed by atoms with Crippen LogP contribution in [0.25, 0.3) is 0 Å². The molecule has 0 saturated heterocycles. The van der Waals surface area contributed by atoms with Crippen LogP contribution in [0.5, 0.6) is 0 Å². The van der Waals surface area contributed by atoms with E-state index in [1.165, 1.54) is 12.1 Å². The highest BCUT2D eigenvalue weighted by Gasteiger charge is 2.10. The van der Waals surface area contributed by atoms with Crippen molar-refractivity contribution in [1.82, 2.24) is 5.32 Å². The third-order valence-corrected chi connectivity index (χ3v) is 3.26. The molecule has 21 heavy (non-hydrogen) atoms. The molecule has 4 heteroatoms. The Morgan fingerprint density at radius 2 is 2.00 bits per heavy atom. The number of benzene rings is 2. The van der Waals surface area contributed by atoms with Crippen molar-refractivity contribution < 1.29 is 9.18 Å². The molecule has 0 saturated carbocycles. The van der Waals surface area contributed by atoms with Crippen LogP contribution in [0.2, 0.25) is 0 Å². The number of halogens is 1. The summed E-state index contributed by atoms with van der Waals surface area (Å²) in [6.07, 6.45) is 0. The number of rotatable bonds is 4. The minimum atomic E-state index is -0.275. The summed E-state index contributed by atoms with van der Waals surface area (Å²) in [4.78, 5) is 12.0. The second-order valence-electron chi connectivity index (χ2n) is 4.86.